The van der Waals surface area contributed by atoms with Crippen LogP contribution in [0.3, 0.4) is 0 Å². The maximum absolute atomic E-state index is 13.0. The lowest BCUT2D eigenvalue weighted by atomic mass is 9.99. The van der Waals surface area contributed by atoms with Crippen molar-refractivity contribution in [1.29, 1.82) is 0 Å². The van der Waals surface area contributed by atoms with Crippen LogP contribution < -0.4 is 0 Å². The first-order valence-electron chi connectivity index (χ1n) is 8.66. The molecule has 2 aliphatic heterocycles. The van der Waals surface area contributed by atoms with Crippen molar-refractivity contribution >= 4 is 33.4 Å². The first-order valence-corrected chi connectivity index (χ1v) is 10.5. The summed E-state index contributed by atoms with van der Waals surface area (Å²) in [5.74, 6) is -0.557. The molecule has 2 aliphatic rings. The van der Waals surface area contributed by atoms with Crippen LogP contribution in [0.4, 0.5) is 13.2 Å². The summed E-state index contributed by atoms with van der Waals surface area (Å²) in [6, 6.07) is 1.14. The van der Waals surface area contributed by atoms with E-state index in [1.807, 2.05) is 0 Å². The molecule has 0 spiro atoms. The highest BCUT2D eigenvalue weighted by atomic mass is 35.5. The monoisotopic (exact) mass is 438 g/mol. The number of nitrogens with zero attached hydrogens (tertiary/aromatic N) is 2. The molecule has 11 heteroatoms. The van der Waals surface area contributed by atoms with Gasteiger partial charge in [0.25, 0.3) is 0 Å². The van der Waals surface area contributed by atoms with Gasteiger partial charge in [-0.25, -0.2) is 8.42 Å². The van der Waals surface area contributed by atoms with Crippen LogP contribution in [-0.4, -0.2) is 48.1 Å². The summed E-state index contributed by atoms with van der Waals surface area (Å²) in [6.07, 6.45) is -3.98. The zero-order valence-corrected chi connectivity index (χ0v) is 16.4. The van der Waals surface area contributed by atoms with Crippen molar-refractivity contribution in [3.05, 3.63) is 28.8 Å². The number of sulfonamides is 1. The Morgan fingerprint density at radius 1 is 1.14 bits per heavy atom. The number of amides is 2. The van der Waals surface area contributed by atoms with Gasteiger partial charge in [-0.3, -0.25) is 14.5 Å². The number of hydrogen-bond donors (Lipinski definition) is 0. The van der Waals surface area contributed by atoms with E-state index in [4.69, 9.17) is 11.6 Å². The molecule has 1 aromatic rings. The van der Waals surface area contributed by atoms with E-state index in [0.717, 1.165) is 16.4 Å². The van der Waals surface area contributed by atoms with Gasteiger partial charge in [-0.1, -0.05) is 11.6 Å². The van der Waals surface area contributed by atoms with Gasteiger partial charge in [0.15, 0.2) is 0 Å². The van der Waals surface area contributed by atoms with Crippen LogP contribution in [0, 0.1) is 0 Å². The Balaban J connectivity index is 1.86. The normalized spacial score (nSPS) is 24.8. The average molecular weight is 439 g/mol. The lowest BCUT2D eigenvalue weighted by molar-refractivity contribution is -0.142. The fourth-order valence-electron chi connectivity index (χ4n) is 3.72. The van der Waals surface area contributed by atoms with Crippen LogP contribution in [0.5, 0.6) is 0 Å². The Bertz CT molecular complexity index is 903. The Hall–Kier alpha value is -1.65. The van der Waals surface area contributed by atoms with Gasteiger partial charge in [0, 0.05) is 31.5 Å². The fourth-order valence-corrected chi connectivity index (χ4v) is 5.88. The molecule has 0 radical (unpaired) electrons. The molecule has 0 aliphatic carbocycles. The lowest BCUT2D eigenvalue weighted by Gasteiger charge is -2.39. The number of likely N-dealkylation sites (tertiary alicyclic amines) is 1. The zero-order valence-electron chi connectivity index (χ0n) is 14.9. The van der Waals surface area contributed by atoms with Crippen molar-refractivity contribution in [2.75, 3.05) is 6.54 Å². The Kier molecular flexibility index (Phi) is 5.50. The third-order valence-corrected chi connectivity index (χ3v) is 7.58. The zero-order chi connectivity index (χ0) is 20.9. The Morgan fingerprint density at radius 3 is 2.29 bits per heavy atom. The van der Waals surface area contributed by atoms with Crippen molar-refractivity contribution in [3.8, 4) is 0 Å². The van der Waals surface area contributed by atoms with Crippen LogP contribution in [0.1, 0.15) is 38.2 Å². The standard InChI is InChI=1S/C17H18ClF3N2O4S/c1-10-8-12(23-15(24)4-5-16(23)25)6-7-22(10)28(26,27)14-9-11(17(19,20)21)2-3-13(14)18/h2-3,9-10,12H,4-8H2,1H3. The fraction of sp³-hybridized carbons (Fsp3) is 0.529. The molecule has 2 heterocycles. The van der Waals surface area contributed by atoms with Gasteiger partial charge in [0.05, 0.1) is 10.6 Å². The number of benzene rings is 1. The molecule has 2 fully saturated rings. The average Bonchev–Trinajstić information content (AvgIpc) is 2.92. The van der Waals surface area contributed by atoms with E-state index in [1.165, 1.54) is 4.90 Å². The predicted octanol–water partition coefficient (Wildman–Crippen LogP) is 3.05. The highest BCUT2D eigenvalue weighted by Crippen LogP contribution is 2.36. The molecule has 154 valence electrons. The first kappa shape index (κ1) is 21.1. The molecule has 2 saturated heterocycles. The van der Waals surface area contributed by atoms with E-state index >= 15 is 0 Å². The highest BCUT2D eigenvalue weighted by Gasteiger charge is 2.42. The summed E-state index contributed by atoms with van der Waals surface area (Å²) in [6.45, 7) is 1.56. The molecular weight excluding hydrogens is 421 g/mol. The first-order chi connectivity index (χ1) is 12.9. The largest absolute Gasteiger partial charge is 0.416 e. The molecule has 6 nitrogen and oxygen atoms in total. The van der Waals surface area contributed by atoms with E-state index in [0.29, 0.717) is 6.07 Å². The molecule has 2 unspecified atom stereocenters. The second kappa shape index (κ2) is 7.31. The Labute approximate surface area is 165 Å². The van der Waals surface area contributed by atoms with Gasteiger partial charge in [0.1, 0.15) is 4.90 Å². The molecule has 1 aromatic carbocycles. The molecule has 0 bridgehead atoms. The summed E-state index contributed by atoms with van der Waals surface area (Å²) in [5, 5.41) is -0.299. The minimum Gasteiger partial charge on any atom is -0.279 e. The summed E-state index contributed by atoms with van der Waals surface area (Å²) < 4.78 is 66.0. The number of hydrogen-bond acceptors (Lipinski definition) is 4. The maximum atomic E-state index is 13.0. The summed E-state index contributed by atoms with van der Waals surface area (Å²) >= 11 is 5.90. The molecule has 3 rings (SSSR count). The van der Waals surface area contributed by atoms with Crippen LogP contribution in [0.25, 0.3) is 0 Å². The SMILES string of the molecule is CC1CC(N2C(=O)CCC2=O)CCN1S(=O)(=O)c1cc(C(F)(F)F)ccc1Cl. The van der Waals surface area contributed by atoms with Crippen molar-refractivity contribution < 1.29 is 31.2 Å². The summed E-state index contributed by atoms with van der Waals surface area (Å²) in [5.41, 5.74) is -1.11. The van der Waals surface area contributed by atoms with Crippen LogP contribution >= 0.6 is 11.6 Å². The third-order valence-electron chi connectivity index (χ3n) is 5.09. The minimum absolute atomic E-state index is 0.0300. The van der Waals surface area contributed by atoms with Crippen LogP contribution in [0.2, 0.25) is 5.02 Å². The highest BCUT2D eigenvalue weighted by molar-refractivity contribution is 7.89. The number of halogens is 4. The number of imide groups is 1. The molecule has 2 amide bonds. The molecular formula is C17H18ClF3N2O4S. The number of carbonyl (C=O) groups excluding carboxylic acids is 2. The third kappa shape index (κ3) is 3.77. The van der Waals surface area contributed by atoms with Crippen molar-refractivity contribution in [1.82, 2.24) is 9.21 Å². The predicted molar refractivity (Wildman–Crippen MR) is 93.9 cm³/mol. The molecule has 28 heavy (non-hydrogen) atoms. The topological polar surface area (TPSA) is 74.8 Å². The number of piperidine rings is 1. The van der Waals surface area contributed by atoms with Crippen LogP contribution in [-0.2, 0) is 25.8 Å². The minimum atomic E-state index is -4.70. The van der Waals surface area contributed by atoms with E-state index < -0.39 is 38.7 Å². The van der Waals surface area contributed by atoms with Crippen LogP contribution in [0.15, 0.2) is 23.1 Å². The van der Waals surface area contributed by atoms with E-state index in [2.05, 4.69) is 0 Å². The van der Waals surface area contributed by atoms with Gasteiger partial charge in [-0.05, 0) is 38.0 Å². The van der Waals surface area contributed by atoms with Gasteiger partial charge in [-0.15, -0.1) is 0 Å². The number of carbonyl (C=O) groups is 2. The maximum Gasteiger partial charge on any atom is 0.416 e. The van der Waals surface area contributed by atoms with Crippen molar-refractivity contribution in [2.45, 2.75) is 55.8 Å². The van der Waals surface area contributed by atoms with Gasteiger partial charge < -0.3 is 0 Å². The molecule has 0 saturated carbocycles. The molecule has 0 aromatic heterocycles. The second-order valence-electron chi connectivity index (χ2n) is 6.94. The van der Waals surface area contributed by atoms with Gasteiger partial charge in [-0.2, -0.15) is 17.5 Å². The molecule has 2 atom stereocenters. The lowest BCUT2D eigenvalue weighted by Crippen LogP contribution is -2.52. The van der Waals surface area contributed by atoms with Crippen molar-refractivity contribution in [3.63, 3.8) is 0 Å². The van der Waals surface area contributed by atoms with E-state index in [9.17, 15) is 31.2 Å². The van der Waals surface area contributed by atoms with Gasteiger partial charge >= 0.3 is 6.18 Å². The quantitative estimate of drug-likeness (QED) is 0.680. The summed E-state index contributed by atoms with van der Waals surface area (Å²) in [4.78, 5) is 24.4. The summed E-state index contributed by atoms with van der Waals surface area (Å²) in [7, 11) is -4.29. The number of alkyl halides is 3. The Morgan fingerprint density at radius 2 is 1.75 bits per heavy atom. The second-order valence-corrected chi connectivity index (χ2v) is 9.21. The van der Waals surface area contributed by atoms with E-state index in [1.54, 1.807) is 6.92 Å². The van der Waals surface area contributed by atoms with Crippen molar-refractivity contribution in [2.24, 2.45) is 0 Å². The smallest absolute Gasteiger partial charge is 0.279 e. The van der Waals surface area contributed by atoms with Gasteiger partial charge in [0.2, 0.25) is 21.8 Å². The number of rotatable bonds is 3. The molecule has 0 N–H and O–H groups in total. The van der Waals surface area contributed by atoms with E-state index in [-0.39, 0.29) is 49.1 Å².